The zero-order chi connectivity index (χ0) is 7.33. The van der Waals surface area contributed by atoms with Gasteiger partial charge < -0.3 is 4.89 Å². The summed E-state index contributed by atoms with van der Waals surface area (Å²) >= 11 is 0. The van der Waals surface area contributed by atoms with Gasteiger partial charge in [0.1, 0.15) is 0 Å². The molecule has 0 fully saturated rings. The van der Waals surface area contributed by atoms with Crippen LogP contribution in [-0.4, -0.2) is 11.1 Å². The molecule has 0 rings (SSSR count). The van der Waals surface area contributed by atoms with Crippen LogP contribution < -0.4 is 0 Å². The zero-order valence-electron chi connectivity index (χ0n) is 4.69. The molecule has 2 unspecified atom stereocenters. The highest BCUT2D eigenvalue weighted by atomic mass is 31.2. The average molecular weight is 170 g/mol. The Kier molecular flexibility index (Phi) is 4.07. The van der Waals surface area contributed by atoms with Crippen molar-refractivity contribution in [1.82, 2.24) is 0 Å². The third kappa shape index (κ3) is 4.61. The van der Waals surface area contributed by atoms with E-state index in [9.17, 15) is 9.13 Å². The molecule has 6 heteroatoms. The van der Waals surface area contributed by atoms with Crippen molar-refractivity contribution in [3.8, 4) is 0 Å². The average Bonchev–Trinajstić information content (AvgIpc) is 1.64. The van der Waals surface area contributed by atoms with E-state index in [-0.39, 0.29) is 6.16 Å². The van der Waals surface area contributed by atoms with Gasteiger partial charge in [-0.05, 0) is 0 Å². The molecule has 0 aliphatic rings. The van der Waals surface area contributed by atoms with E-state index in [4.69, 9.17) is 4.89 Å². The molecule has 0 aliphatic heterocycles. The second-order valence-electron chi connectivity index (χ2n) is 1.31. The van der Waals surface area contributed by atoms with Gasteiger partial charge in [0.25, 0.3) is 0 Å². The minimum Gasteiger partial charge on any atom is -0.324 e. The van der Waals surface area contributed by atoms with Crippen molar-refractivity contribution in [2.45, 2.75) is 0 Å². The lowest BCUT2D eigenvalue weighted by molar-refractivity contribution is 0.392. The molecular formula is C3H8O4P2. The first-order valence-corrected chi connectivity index (χ1v) is 4.87. The third-order valence-electron chi connectivity index (χ3n) is 0.568. The van der Waals surface area contributed by atoms with Crippen molar-refractivity contribution in [3.05, 3.63) is 12.7 Å². The molecule has 0 aromatic carbocycles. The van der Waals surface area contributed by atoms with Gasteiger partial charge in [0.05, 0.1) is 6.16 Å². The fourth-order valence-electron chi connectivity index (χ4n) is 0.273. The van der Waals surface area contributed by atoms with Crippen molar-refractivity contribution >= 4 is 16.3 Å². The molecule has 0 aromatic heterocycles. The maximum absolute atomic E-state index is 10.5. The van der Waals surface area contributed by atoms with Crippen LogP contribution in [0.25, 0.3) is 0 Å². The molecule has 1 N–H and O–H groups in total. The Labute approximate surface area is 54.4 Å². The van der Waals surface area contributed by atoms with Gasteiger partial charge in [-0.3, -0.25) is 13.4 Å². The minimum atomic E-state index is -3.59. The molecule has 0 aromatic rings. The lowest BCUT2D eigenvalue weighted by atomic mass is 10.8. The second-order valence-corrected chi connectivity index (χ2v) is 3.99. The standard InChI is InChI=1S/C3H8O4P2/c1-2-3-9(5,6)7-8-4/h2H,1,3,8H2,(H,5,6). The molecule has 9 heavy (non-hydrogen) atoms. The van der Waals surface area contributed by atoms with E-state index in [0.717, 1.165) is 0 Å². The molecule has 0 radical (unpaired) electrons. The molecule has 0 aliphatic carbocycles. The molecule has 0 heterocycles. The van der Waals surface area contributed by atoms with Crippen molar-refractivity contribution in [1.29, 1.82) is 0 Å². The fraction of sp³-hybridized carbons (Fsp3) is 0.333. The molecule has 0 saturated heterocycles. The van der Waals surface area contributed by atoms with Crippen LogP contribution in [0.5, 0.6) is 0 Å². The Balaban J connectivity index is 3.85. The van der Waals surface area contributed by atoms with E-state index in [1.54, 1.807) is 0 Å². The summed E-state index contributed by atoms with van der Waals surface area (Å²) < 4.78 is 24.2. The highest BCUT2D eigenvalue weighted by Crippen LogP contribution is 2.45. The van der Waals surface area contributed by atoms with Gasteiger partial charge in [-0.25, -0.2) is 0 Å². The van der Waals surface area contributed by atoms with Crippen LogP contribution in [0.1, 0.15) is 0 Å². The van der Waals surface area contributed by atoms with Crippen LogP contribution in [0.3, 0.4) is 0 Å². The summed E-state index contributed by atoms with van der Waals surface area (Å²) in [7, 11) is -5.19. The third-order valence-corrected chi connectivity index (χ3v) is 2.95. The van der Waals surface area contributed by atoms with Crippen molar-refractivity contribution in [2.75, 3.05) is 6.16 Å². The minimum absolute atomic E-state index is 0.151. The number of hydrogen-bond acceptors (Lipinski definition) is 3. The van der Waals surface area contributed by atoms with Crippen LogP contribution in [0.4, 0.5) is 0 Å². The first-order valence-electron chi connectivity index (χ1n) is 2.17. The summed E-state index contributed by atoms with van der Waals surface area (Å²) in [4.78, 5) is 8.60. The van der Waals surface area contributed by atoms with Gasteiger partial charge in [0.2, 0.25) is 0 Å². The van der Waals surface area contributed by atoms with Gasteiger partial charge in [-0.2, -0.15) is 0 Å². The van der Waals surface area contributed by atoms with E-state index in [1.807, 2.05) is 0 Å². The second kappa shape index (κ2) is 4.02. The summed E-state index contributed by atoms with van der Waals surface area (Å²) in [6.07, 6.45) is 1.10. The Morgan fingerprint density at radius 1 is 1.89 bits per heavy atom. The van der Waals surface area contributed by atoms with E-state index < -0.39 is 16.3 Å². The monoisotopic (exact) mass is 170 g/mol. The van der Waals surface area contributed by atoms with Crippen molar-refractivity contribution in [3.63, 3.8) is 0 Å². The largest absolute Gasteiger partial charge is 0.337 e. The molecule has 54 valence electrons. The SMILES string of the molecule is C=CCP(=O)(O)O[PH2]=O. The van der Waals surface area contributed by atoms with Crippen LogP contribution in [0, 0.1) is 0 Å². The Morgan fingerprint density at radius 3 is 2.78 bits per heavy atom. The summed E-state index contributed by atoms with van der Waals surface area (Å²) in [5.74, 6) is 0. The zero-order valence-corrected chi connectivity index (χ0v) is 6.74. The number of rotatable bonds is 4. The highest BCUT2D eigenvalue weighted by molar-refractivity contribution is 7.57. The fourth-order valence-corrected chi connectivity index (χ4v) is 1.48. The predicted octanol–water partition coefficient (Wildman–Crippen LogP) is 1.05. The van der Waals surface area contributed by atoms with Crippen molar-refractivity contribution in [2.24, 2.45) is 0 Å². The molecule has 2 atom stereocenters. The highest BCUT2D eigenvalue weighted by Gasteiger charge is 2.14. The van der Waals surface area contributed by atoms with Crippen LogP contribution >= 0.6 is 16.3 Å². The molecule has 0 spiro atoms. The first kappa shape index (κ1) is 9.12. The normalized spacial score (nSPS) is 17.9. The van der Waals surface area contributed by atoms with E-state index >= 15 is 0 Å². The Hall–Kier alpha value is 0.120. The maximum Gasteiger partial charge on any atom is 0.337 e. The van der Waals surface area contributed by atoms with Gasteiger partial charge in [0.15, 0.2) is 8.69 Å². The first-order chi connectivity index (χ1) is 4.12. The van der Waals surface area contributed by atoms with E-state index in [2.05, 4.69) is 10.9 Å². The van der Waals surface area contributed by atoms with E-state index in [0.29, 0.717) is 0 Å². The number of hydrogen-bond donors (Lipinski definition) is 1. The maximum atomic E-state index is 10.5. The smallest absolute Gasteiger partial charge is 0.324 e. The lowest BCUT2D eigenvalue weighted by Crippen LogP contribution is -1.81. The number of allylic oxidation sites excluding steroid dienone is 1. The molecule has 0 saturated carbocycles. The van der Waals surface area contributed by atoms with Gasteiger partial charge in [0, 0.05) is 0 Å². The van der Waals surface area contributed by atoms with Crippen LogP contribution in [0.15, 0.2) is 12.7 Å². The molecule has 4 nitrogen and oxygen atoms in total. The Bertz CT molecular complexity index is 140. The predicted molar refractivity (Wildman–Crippen MR) is 36.4 cm³/mol. The summed E-state index contributed by atoms with van der Waals surface area (Å²) in [6, 6.07) is 0. The van der Waals surface area contributed by atoms with Gasteiger partial charge in [-0.15, -0.1) is 6.58 Å². The summed E-state index contributed by atoms with van der Waals surface area (Å²) in [6.45, 7) is 3.22. The van der Waals surface area contributed by atoms with Gasteiger partial charge >= 0.3 is 7.60 Å². The topological polar surface area (TPSA) is 63.6 Å². The lowest BCUT2D eigenvalue weighted by Gasteiger charge is -2.02. The van der Waals surface area contributed by atoms with Crippen LogP contribution in [0.2, 0.25) is 0 Å². The van der Waals surface area contributed by atoms with Crippen LogP contribution in [-0.2, 0) is 13.4 Å². The van der Waals surface area contributed by atoms with E-state index in [1.165, 1.54) is 6.08 Å². The molecule has 0 bridgehead atoms. The Morgan fingerprint density at radius 2 is 2.44 bits per heavy atom. The summed E-state index contributed by atoms with van der Waals surface area (Å²) in [5, 5.41) is 0. The quantitative estimate of drug-likeness (QED) is 0.505. The molecule has 0 amide bonds. The van der Waals surface area contributed by atoms with Crippen molar-refractivity contribution < 1.29 is 18.3 Å². The summed E-state index contributed by atoms with van der Waals surface area (Å²) in [5.41, 5.74) is 0. The van der Waals surface area contributed by atoms with Gasteiger partial charge in [-0.1, -0.05) is 6.08 Å². The molecular weight excluding hydrogens is 162 g/mol.